The van der Waals surface area contributed by atoms with Crippen LogP contribution >= 0.6 is 23.2 Å². The number of amidine groups is 1. The molecule has 3 heterocycles. The van der Waals surface area contributed by atoms with Crippen LogP contribution in [0.4, 0.5) is 0 Å². The van der Waals surface area contributed by atoms with E-state index in [2.05, 4.69) is 20.4 Å². The second kappa shape index (κ2) is 7.69. The van der Waals surface area contributed by atoms with Crippen molar-refractivity contribution < 1.29 is 9.57 Å². The highest BCUT2D eigenvalue weighted by Crippen LogP contribution is 2.27. The predicted molar refractivity (Wildman–Crippen MR) is 107 cm³/mol. The SMILES string of the molecule is COc1nc(C2=NOCC(c3ccc(Cl)c(Cl)c3)N2)ccc1-n1cnc(C)c1. The van der Waals surface area contributed by atoms with Crippen LogP contribution in [0.3, 0.4) is 0 Å². The minimum atomic E-state index is -0.133. The molecule has 144 valence electrons. The molecule has 1 aliphatic heterocycles. The molecule has 4 rings (SSSR count). The molecule has 7 nitrogen and oxygen atoms in total. The summed E-state index contributed by atoms with van der Waals surface area (Å²) in [6.45, 7) is 2.29. The van der Waals surface area contributed by atoms with E-state index in [0.717, 1.165) is 16.9 Å². The summed E-state index contributed by atoms with van der Waals surface area (Å²) in [7, 11) is 1.57. The van der Waals surface area contributed by atoms with Crippen LogP contribution in [0.15, 0.2) is 48.0 Å². The largest absolute Gasteiger partial charge is 0.479 e. The van der Waals surface area contributed by atoms with Crippen molar-refractivity contribution in [1.29, 1.82) is 0 Å². The van der Waals surface area contributed by atoms with Crippen molar-refractivity contribution in [2.24, 2.45) is 5.16 Å². The zero-order chi connectivity index (χ0) is 19.7. The molecule has 0 radical (unpaired) electrons. The van der Waals surface area contributed by atoms with Gasteiger partial charge in [0.25, 0.3) is 0 Å². The van der Waals surface area contributed by atoms with Crippen molar-refractivity contribution in [3.05, 3.63) is 69.9 Å². The van der Waals surface area contributed by atoms with Crippen molar-refractivity contribution in [3.8, 4) is 11.6 Å². The van der Waals surface area contributed by atoms with Crippen LogP contribution in [-0.2, 0) is 4.84 Å². The number of oxime groups is 1. The summed E-state index contributed by atoms with van der Waals surface area (Å²) in [4.78, 5) is 14.2. The van der Waals surface area contributed by atoms with E-state index in [1.165, 1.54) is 0 Å². The van der Waals surface area contributed by atoms with Crippen LogP contribution in [0.5, 0.6) is 5.88 Å². The van der Waals surface area contributed by atoms with Gasteiger partial charge in [-0.1, -0.05) is 34.4 Å². The zero-order valence-corrected chi connectivity index (χ0v) is 16.7. The second-order valence-corrected chi connectivity index (χ2v) is 7.07. The van der Waals surface area contributed by atoms with Gasteiger partial charge in [-0.25, -0.2) is 9.97 Å². The molecule has 1 atom stereocenters. The molecule has 9 heteroatoms. The van der Waals surface area contributed by atoms with Gasteiger partial charge in [0.15, 0.2) is 5.84 Å². The Kier molecular flexibility index (Phi) is 5.11. The fourth-order valence-electron chi connectivity index (χ4n) is 2.90. The molecular weight excluding hydrogens is 401 g/mol. The third kappa shape index (κ3) is 3.63. The van der Waals surface area contributed by atoms with Crippen molar-refractivity contribution in [3.63, 3.8) is 0 Å². The summed E-state index contributed by atoms with van der Waals surface area (Å²) in [6, 6.07) is 9.08. The van der Waals surface area contributed by atoms with Crippen LogP contribution in [0.25, 0.3) is 5.69 Å². The summed E-state index contributed by atoms with van der Waals surface area (Å²) in [5.74, 6) is 0.963. The average molecular weight is 418 g/mol. The molecule has 0 aliphatic carbocycles. The second-order valence-electron chi connectivity index (χ2n) is 6.25. The monoisotopic (exact) mass is 417 g/mol. The fraction of sp³-hybridized carbons (Fsp3) is 0.211. The molecule has 2 aromatic heterocycles. The van der Waals surface area contributed by atoms with E-state index >= 15 is 0 Å². The Morgan fingerprint density at radius 2 is 2.07 bits per heavy atom. The first-order valence-electron chi connectivity index (χ1n) is 8.53. The predicted octanol–water partition coefficient (Wildman–Crippen LogP) is 3.91. The highest BCUT2D eigenvalue weighted by atomic mass is 35.5. The lowest BCUT2D eigenvalue weighted by Gasteiger charge is -2.24. The molecule has 1 unspecified atom stereocenters. The molecular formula is C19H17Cl2N5O2. The van der Waals surface area contributed by atoms with Crippen LogP contribution in [0, 0.1) is 6.92 Å². The first-order chi connectivity index (χ1) is 13.5. The van der Waals surface area contributed by atoms with E-state index < -0.39 is 0 Å². The number of pyridine rings is 1. The van der Waals surface area contributed by atoms with E-state index in [1.54, 1.807) is 19.5 Å². The number of halogens is 2. The molecule has 1 aromatic carbocycles. The number of rotatable bonds is 4. The van der Waals surface area contributed by atoms with Crippen molar-refractivity contribution in [1.82, 2.24) is 19.9 Å². The Morgan fingerprint density at radius 1 is 1.21 bits per heavy atom. The number of ether oxygens (including phenoxy) is 1. The molecule has 28 heavy (non-hydrogen) atoms. The topological polar surface area (TPSA) is 73.6 Å². The van der Waals surface area contributed by atoms with Gasteiger partial charge in [0.05, 0.1) is 35.2 Å². The average Bonchev–Trinajstić information content (AvgIpc) is 3.15. The maximum absolute atomic E-state index is 6.14. The van der Waals surface area contributed by atoms with E-state index in [0.29, 0.717) is 34.1 Å². The molecule has 3 aromatic rings. The minimum Gasteiger partial charge on any atom is -0.479 e. The molecule has 1 N–H and O–H groups in total. The van der Waals surface area contributed by atoms with Crippen LogP contribution in [-0.4, -0.2) is 34.1 Å². The summed E-state index contributed by atoms with van der Waals surface area (Å²) in [5, 5.41) is 8.44. The van der Waals surface area contributed by atoms with E-state index in [-0.39, 0.29) is 6.04 Å². The number of hydrogen-bond donors (Lipinski definition) is 1. The van der Waals surface area contributed by atoms with Gasteiger partial charge < -0.3 is 19.5 Å². The standard InChI is InChI=1S/C19H17Cl2N5O2/c1-11-8-26(10-22-11)17-6-5-15(24-19(17)27-2)18-23-16(9-28-25-18)12-3-4-13(20)14(21)7-12/h3-8,10,16H,9H2,1-2H3,(H,23,25). The molecule has 0 amide bonds. The summed E-state index contributed by atoms with van der Waals surface area (Å²) < 4.78 is 7.32. The number of methoxy groups -OCH3 is 1. The van der Waals surface area contributed by atoms with Crippen molar-refractivity contribution in [2.75, 3.05) is 13.7 Å². The number of benzene rings is 1. The van der Waals surface area contributed by atoms with Gasteiger partial charge in [0.2, 0.25) is 5.88 Å². The highest BCUT2D eigenvalue weighted by molar-refractivity contribution is 6.42. The summed E-state index contributed by atoms with van der Waals surface area (Å²) in [5.41, 5.74) is 3.23. The van der Waals surface area contributed by atoms with Gasteiger partial charge in [0, 0.05) is 6.20 Å². The van der Waals surface area contributed by atoms with E-state index in [9.17, 15) is 0 Å². The lowest BCUT2D eigenvalue weighted by Crippen LogP contribution is -2.36. The first kappa shape index (κ1) is 18.6. The molecule has 1 aliphatic rings. The summed E-state index contributed by atoms with van der Waals surface area (Å²) in [6.07, 6.45) is 3.62. The smallest absolute Gasteiger partial charge is 0.238 e. The Hall–Kier alpha value is -2.77. The fourth-order valence-corrected chi connectivity index (χ4v) is 3.21. The van der Waals surface area contributed by atoms with Gasteiger partial charge in [-0.15, -0.1) is 0 Å². The normalized spacial score (nSPS) is 16.1. The molecule has 0 bridgehead atoms. The Labute approximate surface area is 171 Å². The Bertz CT molecular complexity index is 1050. The third-order valence-corrected chi connectivity index (χ3v) is 5.06. The van der Waals surface area contributed by atoms with Crippen LogP contribution in [0.2, 0.25) is 10.0 Å². The van der Waals surface area contributed by atoms with Crippen LogP contribution < -0.4 is 10.1 Å². The van der Waals surface area contributed by atoms with Gasteiger partial charge in [-0.2, -0.15) is 0 Å². The maximum Gasteiger partial charge on any atom is 0.238 e. The third-order valence-electron chi connectivity index (χ3n) is 4.32. The van der Waals surface area contributed by atoms with E-state index in [1.807, 2.05) is 42.0 Å². The zero-order valence-electron chi connectivity index (χ0n) is 15.2. The van der Waals surface area contributed by atoms with Gasteiger partial charge in [-0.3, -0.25) is 0 Å². The van der Waals surface area contributed by atoms with Gasteiger partial charge in [-0.05, 0) is 36.8 Å². The number of nitrogens with one attached hydrogen (secondary N) is 1. The first-order valence-corrected chi connectivity index (χ1v) is 9.28. The van der Waals surface area contributed by atoms with Crippen molar-refractivity contribution in [2.45, 2.75) is 13.0 Å². The number of imidazole rings is 1. The number of hydrogen-bond acceptors (Lipinski definition) is 6. The van der Waals surface area contributed by atoms with E-state index in [4.69, 9.17) is 32.8 Å². The number of aryl methyl sites for hydroxylation is 1. The Morgan fingerprint density at radius 3 is 2.79 bits per heavy atom. The highest BCUT2D eigenvalue weighted by Gasteiger charge is 2.22. The molecule has 0 spiro atoms. The number of nitrogens with zero attached hydrogens (tertiary/aromatic N) is 4. The molecule has 0 saturated carbocycles. The van der Waals surface area contributed by atoms with Crippen LogP contribution in [0.1, 0.15) is 23.0 Å². The summed E-state index contributed by atoms with van der Waals surface area (Å²) >= 11 is 12.1. The Balaban J connectivity index is 1.61. The quantitative estimate of drug-likeness (QED) is 0.696. The molecule has 0 saturated heterocycles. The number of aromatic nitrogens is 3. The van der Waals surface area contributed by atoms with Crippen molar-refractivity contribution >= 4 is 29.0 Å². The lowest BCUT2D eigenvalue weighted by molar-refractivity contribution is 0.109. The molecule has 0 fully saturated rings. The minimum absolute atomic E-state index is 0.133. The maximum atomic E-state index is 6.14. The lowest BCUT2D eigenvalue weighted by atomic mass is 10.1. The van der Waals surface area contributed by atoms with Gasteiger partial charge >= 0.3 is 0 Å². The van der Waals surface area contributed by atoms with Gasteiger partial charge in [0.1, 0.15) is 18.0 Å².